The first-order valence-electron chi connectivity index (χ1n) is 8.31. The highest BCUT2D eigenvalue weighted by atomic mass is 19.1. The van der Waals surface area contributed by atoms with Crippen LogP contribution in [-0.2, 0) is 11.3 Å². The molecular weight excluding hydrogens is 305 g/mol. The van der Waals surface area contributed by atoms with Crippen molar-refractivity contribution in [1.82, 2.24) is 9.88 Å². The smallest absolute Gasteiger partial charge is 0.227 e. The Balaban J connectivity index is 1.47. The third-order valence-electron chi connectivity index (χ3n) is 5.09. The second-order valence-corrected chi connectivity index (χ2v) is 6.96. The van der Waals surface area contributed by atoms with Crippen LogP contribution in [0.1, 0.15) is 18.4 Å². The van der Waals surface area contributed by atoms with E-state index in [1.165, 1.54) is 17.7 Å². The maximum atomic E-state index is 13.5. The molecule has 24 heavy (non-hydrogen) atoms. The van der Waals surface area contributed by atoms with Gasteiger partial charge in [-0.2, -0.15) is 0 Å². The van der Waals surface area contributed by atoms with Crippen LogP contribution < -0.4 is 4.90 Å². The van der Waals surface area contributed by atoms with Crippen LogP contribution in [0.25, 0.3) is 0 Å². The number of likely N-dealkylation sites (tertiary alicyclic amines) is 1. The van der Waals surface area contributed by atoms with Gasteiger partial charge in [0.2, 0.25) is 5.91 Å². The minimum atomic E-state index is -0.300. The number of hydrogen-bond acceptors (Lipinski definition) is 3. The summed E-state index contributed by atoms with van der Waals surface area (Å²) in [6, 6.07) is 10.3. The van der Waals surface area contributed by atoms with E-state index in [0.29, 0.717) is 18.7 Å². The fourth-order valence-electron chi connectivity index (χ4n) is 3.96. The van der Waals surface area contributed by atoms with Crippen molar-refractivity contribution in [3.63, 3.8) is 0 Å². The van der Waals surface area contributed by atoms with Crippen LogP contribution in [0.15, 0.2) is 48.8 Å². The number of hydrogen-bond donors (Lipinski definition) is 0. The molecule has 3 heterocycles. The molecule has 1 unspecified atom stereocenters. The molecule has 5 heteroatoms. The lowest BCUT2D eigenvalue weighted by molar-refractivity contribution is -0.117. The lowest BCUT2D eigenvalue weighted by Gasteiger charge is -2.24. The summed E-state index contributed by atoms with van der Waals surface area (Å²) in [5, 5.41) is 0. The maximum Gasteiger partial charge on any atom is 0.227 e. The van der Waals surface area contributed by atoms with Crippen molar-refractivity contribution in [2.45, 2.75) is 19.4 Å². The fourth-order valence-corrected chi connectivity index (χ4v) is 3.96. The summed E-state index contributed by atoms with van der Waals surface area (Å²) >= 11 is 0. The van der Waals surface area contributed by atoms with E-state index >= 15 is 0 Å². The molecule has 2 aromatic rings. The number of carbonyl (C=O) groups is 1. The lowest BCUT2D eigenvalue weighted by Crippen LogP contribution is -2.31. The number of nitrogens with zero attached hydrogens (tertiary/aromatic N) is 3. The van der Waals surface area contributed by atoms with Gasteiger partial charge in [0.15, 0.2) is 0 Å². The summed E-state index contributed by atoms with van der Waals surface area (Å²) in [5.41, 5.74) is 1.86. The van der Waals surface area contributed by atoms with E-state index in [1.807, 2.05) is 18.3 Å². The zero-order valence-electron chi connectivity index (χ0n) is 13.5. The van der Waals surface area contributed by atoms with Gasteiger partial charge in [-0.25, -0.2) is 4.39 Å². The molecule has 4 rings (SSSR count). The quantitative estimate of drug-likeness (QED) is 0.871. The van der Waals surface area contributed by atoms with Crippen molar-refractivity contribution in [2.24, 2.45) is 5.41 Å². The summed E-state index contributed by atoms with van der Waals surface area (Å²) in [6.45, 7) is 3.43. The largest absolute Gasteiger partial charge is 0.312 e. The Hall–Kier alpha value is -2.27. The Morgan fingerprint density at radius 1 is 1.21 bits per heavy atom. The first kappa shape index (κ1) is 15.3. The van der Waals surface area contributed by atoms with Crippen LogP contribution in [0, 0.1) is 11.2 Å². The maximum absolute atomic E-state index is 13.5. The number of anilines is 1. The first-order valence-corrected chi connectivity index (χ1v) is 8.31. The van der Waals surface area contributed by atoms with Crippen LogP contribution in [0.3, 0.4) is 0 Å². The van der Waals surface area contributed by atoms with Gasteiger partial charge < -0.3 is 4.90 Å². The molecule has 2 fully saturated rings. The summed E-state index contributed by atoms with van der Waals surface area (Å²) < 4.78 is 13.5. The van der Waals surface area contributed by atoms with Crippen LogP contribution in [-0.4, -0.2) is 35.4 Å². The third-order valence-corrected chi connectivity index (χ3v) is 5.09. The van der Waals surface area contributed by atoms with Crippen LogP contribution >= 0.6 is 0 Å². The van der Waals surface area contributed by atoms with Crippen LogP contribution in [0.5, 0.6) is 0 Å². The lowest BCUT2D eigenvalue weighted by atomic mass is 9.86. The summed E-state index contributed by atoms with van der Waals surface area (Å²) in [7, 11) is 0. The van der Waals surface area contributed by atoms with Crippen molar-refractivity contribution in [1.29, 1.82) is 0 Å². The predicted octanol–water partition coefficient (Wildman–Crippen LogP) is 2.85. The second kappa shape index (κ2) is 5.98. The normalized spacial score (nSPS) is 24.2. The molecule has 0 saturated carbocycles. The molecule has 124 valence electrons. The molecule has 0 bridgehead atoms. The zero-order chi connectivity index (χ0) is 16.6. The monoisotopic (exact) mass is 325 g/mol. The molecule has 2 aliphatic rings. The number of carbonyl (C=O) groups excluding carboxylic acids is 1. The fraction of sp³-hybridized carbons (Fsp3) is 0.368. The minimum Gasteiger partial charge on any atom is -0.312 e. The molecule has 0 aliphatic carbocycles. The molecular formula is C19H20FN3O. The summed E-state index contributed by atoms with van der Waals surface area (Å²) in [4.78, 5) is 20.8. The van der Waals surface area contributed by atoms with Crippen LogP contribution in [0.2, 0.25) is 0 Å². The van der Waals surface area contributed by atoms with Gasteiger partial charge in [0.25, 0.3) is 0 Å². The average molecular weight is 325 g/mol. The molecule has 2 saturated heterocycles. The Morgan fingerprint density at radius 3 is 2.92 bits per heavy atom. The number of benzene rings is 1. The highest BCUT2D eigenvalue weighted by Crippen LogP contribution is 2.42. The molecule has 1 atom stereocenters. The standard InChI is InChI=1S/C19H20FN3O/c20-16-4-1-5-17(9-16)23-14-19(10-18(23)24)6-8-22(13-19)12-15-3-2-7-21-11-15/h1-5,7,9,11H,6,8,10,12-14H2. The topological polar surface area (TPSA) is 36.4 Å². The van der Waals surface area contributed by atoms with Gasteiger partial charge >= 0.3 is 0 Å². The molecule has 0 N–H and O–H groups in total. The number of aromatic nitrogens is 1. The third kappa shape index (κ3) is 2.91. The van der Waals surface area contributed by atoms with E-state index in [4.69, 9.17) is 0 Å². The van der Waals surface area contributed by atoms with Crippen LogP contribution in [0.4, 0.5) is 10.1 Å². The minimum absolute atomic E-state index is 0.00832. The van der Waals surface area contributed by atoms with Crippen molar-refractivity contribution in [3.05, 3.63) is 60.2 Å². The molecule has 2 aliphatic heterocycles. The molecule has 4 nitrogen and oxygen atoms in total. The highest BCUT2D eigenvalue weighted by molar-refractivity contribution is 5.96. The highest BCUT2D eigenvalue weighted by Gasteiger charge is 2.47. The Morgan fingerprint density at radius 2 is 2.12 bits per heavy atom. The number of rotatable bonds is 3. The molecule has 1 aromatic carbocycles. The van der Waals surface area contributed by atoms with Crippen molar-refractivity contribution < 1.29 is 9.18 Å². The zero-order valence-corrected chi connectivity index (χ0v) is 13.5. The molecule has 0 radical (unpaired) electrons. The Kier molecular flexibility index (Phi) is 3.81. The number of halogens is 1. The Labute approximate surface area is 140 Å². The Bertz CT molecular complexity index is 751. The van der Waals surface area contributed by atoms with Gasteiger partial charge in [0.05, 0.1) is 0 Å². The molecule has 1 spiro atoms. The summed E-state index contributed by atoms with van der Waals surface area (Å²) in [5.74, 6) is -0.199. The SMILES string of the molecule is O=C1CC2(CCN(Cc3cccnc3)C2)CN1c1cccc(F)c1. The average Bonchev–Trinajstić information content (AvgIpc) is 3.11. The van der Waals surface area contributed by atoms with Gasteiger partial charge in [0.1, 0.15) is 5.82 Å². The van der Waals surface area contributed by atoms with Gasteiger partial charge in [-0.1, -0.05) is 12.1 Å². The molecule has 1 amide bonds. The number of amides is 1. The van der Waals surface area contributed by atoms with E-state index in [0.717, 1.165) is 26.1 Å². The van der Waals surface area contributed by atoms with E-state index in [-0.39, 0.29) is 17.1 Å². The molecule has 1 aromatic heterocycles. The van der Waals surface area contributed by atoms with Crippen molar-refractivity contribution in [2.75, 3.05) is 24.5 Å². The van der Waals surface area contributed by atoms with E-state index in [9.17, 15) is 9.18 Å². The van der Waals surface area contributed by atoms with Gasteiger partial charge in [-0.3, -0.25) is 14.7 Å². The van der Waals surface area contributed by atoms with Gasteiger partial charge in [-0.15, -0.1) is 0 Å². The van der Waals surface area contributed by atoms with E-state index in [2.05, 4.69) is 16.0 Å². The van der Waals surface area contributed by atoms with Crippen molar-refractivity contribution in [3.8, 4) is 0 Å². The predicted molar refractivity (Wildman–Crippen MR) is 89.9 cm³/mol. The summed E-state index contributed by atoms with van der Waals surface area (Å²) in [6.07, 6.45) is 5.23. The van der Waals surface area contributed by atoms with Gasteiger partial charge in [-0.05, 0) is 42.8 Å². The van der Waals surface area contributed by atoms with E-state index < -0.39 is 0 Å². The first-order chi connectivity index (χ1) is 11.6. The van der Waals surface area contributed by atoms with Crippen molar-refractivity contribution >= 4 is 11.6 Å². The van der Waals surface area contributed by atoms with E-state index in [1.54, 1.807) is 17.2 Å². The second-order valence-electron chi connectivity index (χ2n) is 6.96. The number of pyridine rings is 1. The van der Waals surface area contributed by atoms with Gasteiger partial charge in [0, 0.05) is 49.6 Å².